The molecule has 1 saturated heterocycles. The van der Waals surface area contributed by atoms with E-state index in [2.05, 4.69) is 47.5 Å². The Morgan fingerprint density at radius 3 is 2.83 bits per heavy atom. The number of unbranched alkanes of at least 4 members (excludes halogenated alkanes) is 1. The Labute approximate surface area is 111 Å². The van der Waals surface area contributed by atoms with Gasteiger partial charge in [0.2, 0.25) is 0 Å². The highest BCUT2D eigenvalue weighted by molar-refractivity contribution is 5.14. The van der Waals surface area contributed by atoms with Gasteiger partial charge in [0.25, 0.3) is 0 Å². The van der Waals surface area contributed by atoms with Crippen molar-refractivity contribution in [3.05, 3.63) is 35.9 Å². The molecule has 0 amide bonds. The van der Waals surface area contributed by atoms with E-state index < -0.39 is 0 Å². The van der Waals surface area contributed by atoms with Crippen LogP contribution in [-0.2, 0) is 6.42 Å². The van der Waals surface area contributed by atoms with Crippen LogP contribution in [-0.4, -0.2) is 37.1 Å². The highest BCUT2D eigenvalue weighted by Gasteiger charge is 2.15. The number of nitrogens with zero attached hydrogens (tertiary/aromatic N) is 1. The van der Waals surface area contributed by atoms with Crippen LogP contribution in [0.15, 0.2) is 30.3 Å². The second-order valence-corrected chi connectivity index (χ2v) is 5.37. The molecule has 1 N–H and O–H groups in total. The molecule has 0 saturated carbocycles. The van der Waals surface area contributed by atoms with Crippen LogP contribution in [0.3, 0.4) is 0 Å². The first-order valence-electron chi connectivity index (χ1n) is 7.35. The van der Waals surface area contributed by atoms with Gasteiger partial charge < -0.3 is 5.32 Å². The summed E-state index contributed by atoms with van der Waals surface area (Å²) in [6, 6.07) is 11.6. The summed E-state index contributed by atoms with van der Waals surface area (Å²) in [5.74, 6) is 0. The minimum atomic E-state index is 0.747. The Kier molecular flexibility index (Phi) is 5.69. The lowest BCUT2D eigenvalue weighted by atomic mass is 10.1. The summed E-state index contributed by atoms with van der Waals surface area (Å²) in [5, 5.41) is 3.48. The van der Waals surface area contributed by atoms with Crippen LogP contribution >= 0.6 is 0 Å². The van der Waals surface area contributed by atoms with E-state index in [4.69, 9.17) is 0 Å². The summed E-state index contributed by atoms with van der Waals surface area (Å²) < 4.78 is 0. The number of nitrogens with one attached hydrogen (secondary N) is 1. The van der Waals surface area contributed by atoms with Crippen molar-refractivity contribution in [1.29, 1.82) is 0 Å². The lowest BCUT2D eigenvalue weighted by molar-refractivity contribution is 0.216. The topological polar surface area (TPSA) is 15.3 Å². The molecular formula is C16H26N2. The second kappa shape index (κ2) is 7.55. The molecule has 2 rings (SSSR count). The van der Waals surface area contributed by atoms with Crippen molar-refractivity contribution >= 4 is 0 Å². The highest BCUT2D eigenvalue weighted by Crippen LogP contribution is 2.09. The first-order valence-corrected chi connectivity index (χ1v) is 7.35. The predicted molar refractivity (Wildman–Crippen MR) is 77.9 cm³/mol. The van der Waals surface area contributed by atoms with E-state index in [1.807, 2.05) is 0 Å². The average Bonchev–Trinajstić information content (AvgIpc) is 2.61. The maximum atomic E-state index is 3.48. The molecule has 1 aliphatic rings. The molecule has 0 aromatic heterocycles. The number of aryl methyl sites for hydroxylation is 1. The van der Waals surface area contributed by atoms with Gasteiger partial charge >= 0.3 is 0 Å². The quantitative estimate of drug-likeness (QED) is 0.804. The minimum absolute atomic E-state index is 0.747. The largest absolute Gasteiger partial charge is 0.315 e. The lowest BCUT2D eigenvalue weighted by Crippen LogP contribution is -2.35. The molecule has 100 valence electrons. The van der Waals surface area contributed by atoms with E-state index in [9.17, 15) is 0 Å². The fraction of sp³-hybridized carbons (Fsp3) is 0.625. The van der Waals surface area contributed by atoms with Crippen LogP contribution in [0.2, 0.25) is 0 Å². The molecule has 1 aliphatic heterocycles. The van der Waals surface area contributed by atoms with Crippen molar-refractivity contribution in [2.24, 2.45) is 0 Å². The lowest BCUT2D eigenvalue weighted by Gasteiger charge is -2.26. The Balaban J connectivity index is 1.65. The zero-order valence-corrected chi connectivity index (χ0v) is 11.6. The van der Waals surface area contributed by atoms with Crippen molar-refractivity contribution in [3.8, 4) is 0 Å². The standard InChI is InChI=1S/C16H26N2/c1-15-10-11-17-12-14-18(15)13-6-5-9-16-7-3-2-4-8-16/h2-4,7-8,15,17H,5-6,9-14H2,1H3. The normalized spacial score (nSPS) is 21.7. The van der Waals surface area contributed by atoms with Crippen molar-refractivity contribution < 1.29 is 0 Å². The molecule has 0 bridgehead atoms. The molecule has 1 atom stereocenters. The fourth-order valence-electron chi connectivity index (χ4n) is 2.68. The number of hydrogen-bond donors (Lipinski definition) is 1. The Morgan fingerprint density at radius 1 is 1.17 bits per heavy atom. The number of hydrogen-bond acceptors (Lipinski definition) is 2. The first-order chi connectivity index (χ1) is 8.86. The summed E-state index contributed by atoms with van der Waals surface area (Å²) in [7, 11) is 0. The van der Waals surface area contributed by atoms with E-state index >= 15 is 0 Å². The van der Waals surface area contributed by atoms with Gasteiger partial charge in [-0.3, -0.25) is 4.90 Å². The minimum Gasteiger partial charge on any atom is -0.315 e. The Hall–Kier alpha value is -0.860. The summed E-state index contributed by atoms with van der Waals surface area (Å²) >= 11 is 0. The Morgan fingerprint density at radius 2 is 2.00 bits per heavy atom. The van der Waals surface area contributed by atoms with Crippen LogP contribution in [0, 0.1) is 0 Å². The molecule has 1 fully saturated rings. The van der Waals surface area contributed by atoms with Crippen LogP contribution in [0.5, 0.6) is 0 Å². The van der Waals surface area contributed by atoms with Crippen LogP contribution < -0.4 is 5.32 Å². The highest BCUT2D eigenvalue weighted by atomic mass is 15.2. The molecule has 18 heavy (non-hydrogen) atoms. The predicted octanol–water partition coefficient (Wildman–Crippen LogP) is 2.69. The molecular weight excluding hydrogens is 220 g/mol. The van der Waals surface area contributed by atoms with Crippen molar-refractivity contribution in [1.82, 2.24) is 10.2 Å². The molecule has 1 unspecified atom stereocenters. The molecule has 1 heterocycles. The SMILES string of the molecule is CC1CCNCCN1CCCCc1ccccc1. The third-order valence-electron chi connectivity index (χ3n) is 3.94. The summed E-state index contributed by atoms with van der Waals surface area (Å²) in [5.41, 5.74) is 1.48. The van der Waals surface area contributed by atoms with Crippen LogP contribution in [0.1, 0.15) is 31.7 Å². The van der Waals surface area contributed by atoms with Crippen LogP contribution in [0.4, 0.5) is 0 Å². The van der Waals surface area contributed by atoms with Gasteiger partial charge in [0.15, 0.2) is 0 Å². The molecule has 2 heteroatoms. The third-order valence-corrected chi connectivity index (χ3v) is 3.94. The van der Waals surface area contributed by atoms with E-state index in [1.54, 1.807) is 0 Å². The van der Waals surface area contributed by atoms with Gasteiger partial charge in [0.1, 0.15) is 0 Å². The smallest absolute Gasteiger partial charge is 0.0110 e. The third kappa shape index (κ3) is 4.43. The average molecular weight is 246 g/mol. The van der Waals surface area contributed by atoms with E-state index in [1.165, 1.54) is 50.9 Å². The van der Waals surface area contributed by atoms with Crippen molar-refractivity contribution in [2.75, 3.05) is 26.2 Å². The van der Waals surface area contributed by atoms with Gasteiger partial charge in [0, 0.05) is 19.1 Å². The summed E-state index contributed by atoms with van der Waals surface area (Å²) in [6.07, 6.45) is 5.14. The maximum absolute atomic E-state index is 3.48. The van der Waals surface area contributed by atoms with E-state index in [0.717, 1.165) is 12.6 Å². The monoisotopic (exact) mass is 246 g/mol. The molecule has 1 aromatic rings. The zero-order chi connectivity index (χ0) is 12.6. The van der Waals surface area contributed by atoms with Crippen molar-refractivity contribution in [2.45, 2.75) is 38.6 Å². The van der Waals surface area contributed by atoms with Gasteiger partial charge in [-0.2, -0.15) is 0 Å². The molecule has 1 aromatic carbocycles. The van der Waals surface area contributed by atoms with Gasteiger partial charge in [-0.25, -0.2) is 0 Å². The molecule has 0 aliphatic carbocycles. The summed E-state index contributed by atoms with van der Waals surface area (Å²) in [6.45, 7) is 7.18. The van der Waals surface area contributed by atoms with Gasteiger partial charge in [0.05, 0.1) is 0 Å². The molecule has 0 spiro atoms. The Bertz CT molecular complexity index is 323. The number of benzene rings is 1. The van der Waals surface area contributed by atoms with E-state index in [-0.39, 0.29) is 0 Å². The van der Waals surface area contributed by atoms with Crippen LogP contribution in [0.25, 0.3) is 0 Å². The molecule has 0 radical (unpaired) electrons. The van der Waals surface area contributed by atoms with Gasteiger partial charge in [-0.1, -0.05) is 30.3 Å². The van der Waals surface area contributed by atoms with Gasteiger partial charge in [-0.05, 0) is 51.3 Å². The van der Waals surface area contributed by atoms with Gasteiger partial charge in [-0.15, -0.1) is 0 Å². The van der Waals surface area contributed by atoms with E-state index in [0.29, 0.717) is 0 Å². The van der Waals surface area contributed by atoms with Crippen molar-refractivity contribution in [3.63, 3.8) is 0 Å². The maximum Gasteiger partial charge on any atom is 0.0110 e. The zero-order valence-electron chi connectivity index (χ0n) is 11.6. The first kappa shape index (κ1) is 13.6. The fourth-order valence-corrected chi connectivity index (χ4v) is 2.68. The summed E-state index contributed by atoms with van der Waals surface area (Å²) in [4.78, 5) is 2.64. The second-order valence-electron chi connectivity index (χ2n) is 5.37. The molecule has 2 nitrogen and oxygen atoms in total. The number of rotatable bonds is 5.